The van der Waals surface area contributed by atoms with Gasteiger partial charge >= 0.3 is 0 Å². The maximum Gasteiger partial charge on any atom is 0.224 e. The molecule has 2 aliphatic rings. The summed E-state index contributed by atoms with van der Waals surface area (Å²) in [6.07, 6.45) is 4.85. The molecular weight excluding hydrogens is 512 g/mol. The number of benzene rings is 1. The van der Waals surface area contributed by atoms with Crippen molar-refractivity contribution < 1.29 is 18.6 Å². The monoisotopic (exact) mass is 546 g/mol. The zero-order valence-electron chi connectivity index (χ0n) is 21.3. The van der Waals surface area contributed by atoms with Gasteiger partial charge in [-0.15, -0.1) is 11.3 Å². The second-order valence-electron chi connectivity index (χ2n) is 10.7. The minimum absolute atomic E-state index is 0.0621. The summed E-state index contributed by atoms with van der Waals surface area (Å²) >= 11 is 1.57. The average Bonchev–Trinajstić information content (AvgIpc) is 3.42. The first kappa shape index (κ1) is 26.2. The molecular formula is C25H34N6O4S2. The number of anilines is 2. The maximum absolute atomic E-state index is 11.8. The lowest BCUT2D eigenvalue weighted by Gasteiger charge is -2.30. The van der Waals surface area contributed by atoms with E-state index in [0.717, 1.165) is 20.8 Å². The Morgan fingerprint density at radius 2 is 1.81 bits per heavy atom. The molecule has 2 aromatic heterocycles. The normalized spacial score (nSPS) is 24.0. The van der Waals surface area contributed by atoms with Crippen molar-refractivity contribution in [1.82, 2.24) is 19.3 Å². The van der Waals surface area contributed by atoms with Gasteiger partial charge in [0, 0.05) is 37.3 Å². The van der Waals surface area contributed by atoms with Crippen LogP contribution in [0, 0.1) is 5.92 Å². The highest BCUT2D eigenvalue weighted by atomic mass is 32.2. The molecule has 5 rings (SSSR count). The van der Waals surface area contributed by atoms with Crippen molar-refractivity contribution in [3.05, 3.63) is 30.5 Å². The molecule has 1 saturated heterocycles. The predicted molar refractivity (Wildman–Crippen MR) is 146 cm³/mol. The van der Waals surface area contributed by atoms with Crippen LogP contribution < -0.4 is 10.6 Å². The number of nitrogens with one attached hydrogen (secondary N) is 2. The first-order valence-electron chi connectivity index (χ1n) is 12.6. The van der Waals surface area contributed by atoms with Crippen LogP contribution in [0.4, 0.5) is 11.8 Å². The first-order valence-corrected chi connectivity index (χ1v) is 15.3. The lowest BCUT2D eigenvalue weighted by molar-refractivity contribution is -0.0314. The number of aromatic nitrogens is 3. The lowest BCUT2D eigenvalue weighted by atomic mass is 9.88. The molecule has 0 spiro atoms. The molecule has 1 saturated carbocycles. The van der Waals surface area contributed by atoms with Crippen molar-refractivity contribution in [2.24, 2.45) is 5.92 Å². The van der Waals surface area contributed by atoms with Crippen LogP contribution in [0.3, 0.4) is 0 Å². The summed E-state index contributed by atoms with van der Waals surface area (Å²) in [6.45, 7) is 4.39. The van der Waals surface area contributed by atoms with Gasteiger partial charge in [0.25, 0.3) is 0 Å². The van der Waals surface area contributed by atoms with Crippen LogP contribution in [0.15, 0.2) is 30.5 Å². The van der Waals surface area contributed by atoms with Crippen molar-refractivity contribution in [3.63, 3.8) is 0 Å². The SMILES string of the molecule is CC(C)(O)C1CC(Nc2nc(NC3CCN(S(C)(=O)=O)CC3)ncc2-c2nc3ccccc3s2)CC1O. The Labute approximate surface area is 221 Å². The van der Waals surface area contributed by atoms with Gasteiger partial charge in [0.05, 0.1) is 33.7 Å². The van der Waals surface area contributed by atoms with E-state index < -0.39 is 21.7 Å². The topological polar surface area (TPSA) is 141 Å². The minimum Gasteiger partial charge on any atom is -0.393 e. The number of aliphatic hydroxyl groups excluding tert-OH is 1. The van der Waals surface area contributed by atoms with Crippen LogP contribution >= 0.6 is 11.3 Å². The molecule has 1 aromatic carbocycles. The van der Waals surface area contributed by atoms with Gasteiger partial charge in [-0.25, -0.2) is 22.7 Å². The number of thiazole rings is 1. The van der Waals surface area contributed by atoms with Crippen LogP contribution in [-0.4, -0.2) is 81.0 Å². The van der Waals surface area contributed by atoms with E-state index in [1.165, 1.54) is 10.6 Å². The Morgan fingerprint density at radius 3 is 2.46 bits per heavy atom. The standard InChI is InChI=1S/C25H34N6O4S2/c1-25(2,33)18-12-16(13-20(18)32)27-22-17(23-29-19-6-4-5-7-21(19)36-23)14-26-24(30-22)28-15-8-10-31(11-9-15)37(3,34)35/h4-7,14-16,18,20,32-33H,8-13H2,1-3H3,(H2,26,27,28,30). The van der Waals surface area contributed by atoms with Gasteiger partial charge in [-0.3, -0.25) is 0 Å². The number of hydrogen-bond donors (Lipinski definition) is 4. The van der Waals surface area contributed by atoms with Crippen LogP contribution in [-0.2, 0) is 10.0 Å². The molecule has 1 aliphatic heterocycles. The third kappa shape index (κ3) is 5.88. The number of hydrogen-bond acceptors (Lipinski definition) is 10. The average molecular weight is 547 g/mol. The molecule has 1 aliphatic carbocycles. The summed E-state index contributed by atoms with van der Waals surface area (Å²) in [4.78, 5) is 14.2. The molecule has 3 unspecified atom stereocenters. The number of para-hydroxylation sites is 1. The third-order valence-electron chi connectivity index (χ3n) is 7.35. The molecule has 0 amide bonds. The molecule has 10 nitrogen and oxygen atoms in total. The van der Waals surface area contributed by atoms with Crippen molar-refractivity contribution in [2.45, 2.75) is 63.3 Å². The molecule has 200 valence electrons. The quantitative estimate of drug-likeness (QED) is 0.352. The lowest BCUT2D eigenvalue weighted by Crippen LogP contribution is -2.42. The number of piperidine rings is 1. The number of aliphatic hydroxyl groups is 2. The summed E-state index contributed by atoms with van der Waals surface area (Å²) in [5.41, 5.74) is 0.705. The second-order valence-corrected chi connectivity index (χ2v) is 13.7. The largest absolute Gasteiger partial charge is 0.393 e. The molecule has 4 N–H and O–H groups in total. The Morgan fingerprint density at radius 1 is 1.08 bits per heavy atom. The fourth-order valence-corrected chi connectivity index (χ4v) is 7.16. The highest BCUT2D eigenvalue weighted by Gasteiger charge is 2.41. The maximum atomic E-state index is 11.8. The van der Waals surface area contributed by atoms with E-state index in [0.29, 0.717) is 50.5 Å². The summed E-state index contributed by atoms with van der Waals surface area (Å²) < 4.78 is 26.3. The number of rotatable bonds is 7. The molecule has 2 fully saturated rings. The zero-order chi connectivity index (χ0) is 26.4. The van der Waals surface area contributed by atoms with Crippen LogP contribution in [0.2, 0.25) is 0 Å². The van der Waals surface area contributed by atoms with Crippen LogP contribution in [0.1, 0.15) is 39.5 Å². The van der Waals surface area contributed by atoms with E-state index in [1.807, 2.05) is 24.3 Å². The second kappa shape index (κ2) is 10.1. The van der Waals surface area contributed by atoms with Gasteiger partial charge in [-0.05, 0) is 51.7 Å². The van der Waals surface area contributed by atoms with E-state index in [-0.39, 0.29) is 18.0 Å². The fraction of sp³-hybridized carbons (Fsp3) is 0.560. The Bertz CT molecular complexity index is 1330. The van der Waals surface area contributed by atoms with Crippen molar-refractivity contribution in [1.29, 1.82) is 0 Å². The van der Waals surface area contributed by atoms with Crippen molar-refractivity contribution in [3.8, 4) is 10.6 Å². The fourth-order valence-electron chi connectivity index (χ4n) is 5.31. The summed E-state index contributed by atoms with van der Waals surface area (Å²) in [5.74, 6) is 0.844. The highest BCUT2D eigenvalue weighted by molar-refractivity contribution is 7.88. The summed E-state index contributed by atoms with van der Waals surface area (Å²) in [5, 5.41) is 28.8. The van der Waals surface area contributed by atoms with Crippen molar-refractivity contribution in [2.75, 3.05) is 30.0 Å². The molecule has 37 heavy (non-hydrogen) atoms. The van der Waals surface area contributed by atoms with Gasteiger partial charge in [0.1, 0.15) is 10.8 Å². The third-order valence-corrected chi connectivity index (χ3v) is 9.72. The molecule has 0 radical (unpaired) electrons. The smallest absolute Gasteiger partial charge is 0.224 e. The summed E-state index contributed by atoms with van der Waals surface area (Å²) in [7, 11) is -3.19. The van der Waals surface area contributed by atoms with Gasteiger partial charge in [-0.1, -0.05) is 12.1 Å². The number of nitrogens with zero attached hydrogens (tertiary/aromatic N) is 4. The molecule has 12 heteroatoms. The molecule has 3 atom stereocenters. The van der Waals surface area contributed by atoms with E-state index in [1.54, 1.807) is 31.4 Å². The molecule has 3 heterocycles. The molecule has 3 aromatic rings. The minimum atomic E-state index is -3.19. The van der Waals surface area contributed by atoms with E-state index in [9.17, 15) is 18.6 Å². The van der Waals surface area contributed by atoms with E-state index in [4.69, 9.17) is 9.97 Å². The highest BCUT2D eigenvalue weighted by Crippen LogP contribution is 2.38. The predicted octanol–water partition coefficient (Wildman–Crippen LogP) is 2.91. The van der Waals surface area contributed by atoms with Crippen molar-refractivity contribution >= 4 is 43.3 Å². The summed E-state index contributed by atoms with van der Waals surface area (Å²) in [6, 6.07) is 7.94. The van der Waals surface area contributed by atoms with E-state index >= 15 is 0 Å². The van der Waals surface area contributed by atoms with Crippen LogP contribution in [0.5, 0.6) is 0 Å². The van der Waals surface area contributed by atoms with Crippen LogP contribution in [0.25, 0.3) is 20.8 Å². The first-order chi connectivity index (χ1) is 17.5. The zero-order valence-corrected chi connectivity index (χ0v) is 22.9. The number of fused-ring (bicyclic) bond motifs is 1. The Hall–Kier alpha value is -2.38. The Balaban J connectivity index is 1.40. The molecule has 0 bridgehead atoms. The van der Waals surface area contributed by atoms with E-state index in [2.05, 4.69) is 15.6 Å². The van der Waals surface area contributed by atoms with Gasteiger partial charge in [0.15, 0.2) is 0 Å². The van der Waals surface area contributed by atoms with Gasteiger partial charge < -0.3 is 20.8 Å². The number of sulfonamides is 1. The van der Waals surface area contributed by atoms with Gasteiger partial charge in [-0.2, -0.15) is 4.98 Å². The Kier molecular flexibility index (Phi) is 7.14. The van der Waals surface area contributed by atoms with Gasteiger partial charge in [0.2, 0.25) is 16.0 Å².